The van der Waals surface area contributed by atoms with Gasteiger partial charge in [0.25, 0.3) is 5.91 Å². The number of aryl methyl sites for hydroxylation is 2. The number of amides is 1. The van der Waals surface area contributed by atoms with Crippen LogP contribution < -0.4 is 5.32 Å². The van der Waals surface area contributed by atoms with Gasteiger partial charge in [0, 0.05) is 11.0 Å². The van der Waals surface area contributed by atoms with E-state index in [-0.39, 0.29) is 11.4 Å². The molecule has 0 bridgehead atoms. The summed E-state index contributed by atoms with van der Waals surface area (Å²) in [5.41, 5.74) is 1.88. The second-order valence-corrected chi connectivity index (χ2v) is 6.82. The van der Waals surface area contributed by atoms with Gasteiger partial charge in [-0.25, -0.2) is 8.78 Å². The molecule has 0 aliphatic heterocycles. The summed E-state index contributed by atoms with van der Waals surface area (Å²) in [6, 6.07) is 8.59. The molecule has 4 nitrogen and oxygen atoms in total. The molecule has 0 saturated heterocycles. The van der Waals surface area contributed by atoms with Gasteiger partial charge in [-0.2, -0.15) is 0 Å². The van der Waals surface area contributed by atoms with Crippen molar-refractivity contribution in [2.75, 3.05) is 11.1 Å². The first-order valence-electron chi connectivity index (χ1n) is 7.91. The third-order valence-electron chi connectivity index (χ3n) is 3.54. The highest BCUT2D eigenvalue weighted by atomic mass is 32.2. The van der Waals surface area contributed by atoms with Gasteiger partial charge in [-0.1, -0.05) is 17.7 Å². The van der Waals surface area contributed by atoms with Gasteiger partial charge in [-0.3, -0.25) is 9.59 Å². The molecular weight excluding hydrogens is 360 g/mol. The van der Waals surface area contributed by atoms with E-state index in [4.69, 9.17) is 4.74 Å². The fraction of sp³-hybridized carbons (Fsp3) is 0.263. The molecule has 0 unspecified atom stereocenters. The standard InChI is InChI=1S/C19H19F2NO3S/c1-11-4-7-17(12(2)8-11)26-10-18(23)25-13(3)19(24)22-16-9-14(20)5-6-15(16)21/h4-9,13H,10H2,1-3H3,(H,22,24)/t13-/m1/s1. The fourth-order valence-electron chi connectivity index (χ4n) is 2.21. The van der Waals surface area contributed by atoms with Gasteiger partial charge in [0.05, 0.1) is 11.4 Å². The van der Waals surface area contributed by atoms with E-state index < -0.39 is 29.6 Å². The van der Waals surface area contributed by atoms with E-state index in [0.717, 1.165) is 34.2 Å². The Bertz CT molecular complexity index is 826. The van der Waals surface area contributed by atoms with Crippen LogP contribution in [0.1, 0.15) is 18.1 Å². The molecule has 2 aromatic rings. The molecule has 0 fully saturated rings. The molecule has 1 N–H and O–H groups in total. The summed E-state index contributed by atoms with van der Waals surface area (Å²) in [7, 11) is 0. The molecule has 138 valence electrons. The van der Waals surface area contributed by atoms with Crippen molar-refractivity contribution in [3.05, 3.63) is 59.2 Å². The summed E-state index contributed by atoms with van der Waals surface area (Å²) in [5, 5.41) is 2.21. The summed E-state index contributed by atoms with van der Waals surface area (Å²) < 4.78 is 31.7. The van der Waals surface area contributed by atoms with Gasteiger partial charge in [0.1, 0.15) is 11.6 Å². The van der Waals surface area contributed by atoms with Crippen molar-refractivity contribution >= 4 is 29.3 Å². The smallest absolute Gasteiger partial charge is 0.317 e. The summed E-state index contributed by atoms with van der Waals surface area (Å²) in [4.78, 5) is 24.9. The van der Waals surface area contributed by atoms with Crippen LogP contribution in [0.5, 0.6) is 0 Å². The molecule has 1 atom stereocenters. The number of benzene rings is 2. The van der Waals surface area contributed by atoms with Crippen molar-refractivity contribution < 1.29 is 23.1 Å². The van der Waals surface area contributed by atoms with Crippen LogP contribution in [0.4, 0.5) is 14.5 Å². The second-order valence-electron chi connectivity index (χ2n) is 5.80. The normalized spacial score (nSPS) is 11.7. The molecule has 26 heavy (non-hydrogen) atoms. The predicted molar refractivity (Wildman–Crippen MR) is 97.2 cm³/mol. The zero-order valence-corrected chi connectivity index (χ0v) is 15.5. The Kier molecular flexibility index (Phi) is 6.74. The van der Waals surface area contributed by atoms with Gasteiger partial charge < -0.3 is 10.1 Å². The fourth-order valence-corrected chi connectivity index (χ4v) is 3.00. The van der Waals surface area contributed by atoms with Gasteiger partial charge >= 0.3 is 5.97 Å². The highest BCUT2D eigenvalue weighted by Crippen LogP contribution is 2.23. The number of carbonyl (C=O) groups excluding carboxylic acids is 2. The SMILES string of the molecule is Cc1ccc(SCC(=O)O[C@H](C)C(=O)Nc2cc(F)ccc2F)c(C)c1. The van der Waals surface area contributed by atoms with Crippen molar-refractivity contribution in [1.82, 2.24) is 0 Å². The lowest BCUT2D eigenvalue weighted by molar-refractivity contribution is -0.150. The zero-order chi connectivity index (χ0) is 19.3. The minimum absolute atomic E-state index is 0.0375. The van der Waals surface area contributed by atoms with E-state index in [1.807, 2.05) is 32.0 Å². The van der Waals surface area contributed by atoms with Gasteiger partial charge in [-0.05, 0) is 44.5 Å². The Morgan fingerprint density at radius 1 is 1.15 bits per heavy atom. The lowest BCUT2D eigenvalue weighted by Crippen LogP contribution is -2.30. The van der Waals surface area contributed by atoms with Crippen molar-refractivity contribution in [1.29, 1.82) is 0 Å². The minimum Gasteiger partial charge on any atom is -0.452 e. The van der Waals surface area contributed by atoms with Crippen LogP contribution in [-0.4, -0.2) is 23.7 Å². The maximum Gasteiger partial charge on any atom is 0.317 e. The van der Waals surface area contributed by atoms with E-state index in [2.05, 4.69) is 5.32 Å². The summed E-state index contributed by atoms with van der Waals surface area (Å²) in [5.74, 6) is -2.73. The minimum atomic E-state index is -1.13. The van der Waals surface area contributed by atoms with E-state index >= 15 is 0 Å². The predicted octanol–water partition coefficient (Wildman–Crippen LogP) is 4.24. The number of anilines is 1. The number of carbonyl (C=O) groups is 2. The molecule has 0 radical (unpaired) electrons. The average molecular weight is 379 g/mol. The number of halogens is 2. The molecule has 2 aromatic carbocycles. The molecule has 2 rings (SSSR count). The number of nitrogens with one attached hydrogen (secondary N) is 1. The molecular formula is C19H19F2NO3S. The van der Waals surface area contributed by atoms with Crippen molar-refractivity contribution in [3.63, 3.8) is 0 Å². The van der Waals surface area contributed by atoms with Crippen LogP contribution >= 0.6 is 11.8 Å². The third kappa shape index (κ3) is 5.56. The van der Waals surface area contributed by atoms with Crippen LogP contribution in [0.3, 0.4) is 0 Å². The summed E-state index contributed by atoms with van der Waals surface area (Å²) >= 11 is 1.31. The Morgan fingerprint density at radius 3 is 2.58 bits per heavy atom. The highest BCUT2D eigenvalue weighted by Gasteiger charge is 2.19. The van der Waals surface area contributed by atoms with Crippen LogP contribution in [-0.2, 0) is 14.3 Å². The molecule has 0 spiro atoms. The number of ether oxygens (including phenoxy) is 1. The van der Waals surface area contributed by atoms with Crippen LogP contribution in [0.25, 0.3) is 0 Å². The number of hydrogen-bond donors (Lipinski definition) is 1. The molecule has 0 saturated carbocycles. The summed E-state index contributed by atoms with van der Waals surface area (Å²) in [6.07, 6.45) is -1.13. The van der Waals surface area contributed by atoms with Crippen LogP contribution in [0.2, 0.25) is 0 Å². The van der Waals surface area contributed by atoms with Crippen molar-refractivity contribution in [3.8, 4) is 0 Å². The van der Waals surface area contributed by atoms with E-state index in [1.165, 1.54) is 18.7 Å². The Hall–Kier alpha value is -2.41. The first-order chi connectivity index (χ1) is 12.3. The van der Waals surface area contributed by atoms with E-state index in [9.17, 15) is 18.4 Å². The Morgan fingerprint density at radius 2 is 1.88 bits per heavy atom. The lowest BCUT2D eigenvalue weighted by atomic mass is 10.2. The van der Waals surface area contributed by atoms with Crippen molar-refractivity contribution in [2.45, 2.75) is 31.8 Å². The van der Waals surface area contributed by atoms with Crippen LogP contribution in [0, 0.1) is 25.5 Å². The highest BCUT2D eigenvalue weighted by molar-refractivity contribution is 8.00. The monoisotopic (exact) mass is 379 g/mol. The quantitative estimate of drug-likeness (QED) is 0.602. The second kappa shape index (κ2) is 8.80. The maximum atomic E-state index is 13.5. The Balaban J connectivity index is 1.87. The number of rotatable bonds is 6. The van der Waals surface area contributed by atoms with Crippen molar-refractivity contribution in [2.24, 2.45) is 0 Å². The topological polar surface area (TPSA) is 55.4 Å². The lowest BCUT2D eigenvalue weighted by Gasteiger charge is -2.14. The number of esters is 1. The molecule has 0 aliphatic carbocycles. The third-order valence-corrected chi connectivity index (χ3v) is 4.69. The first-order valence-corrected chi connectivity index (χ1v) is 8.90. The maximum absolute atomic E-state index is 13.5. The molecule has 0 aliphatic rings. The Labute approximate surface area is 154 Å². The molecule has 0 heterocycles. The van der Waals surface area contributed by atoms with Gasteiger partial charge in [0.15, 0.2) is 6.10 Å². The number of hydrogen-bond acceptors (Lipinski definition) is 4. The van der Waals surface area contributed by atoms with Gasteiger partial charge in [-0.15, -0.1) is 11.8 Å². The zero-order valence-electron chi connectivity index (χ0n) is 14.6. The molecule has 0 aromatic heterocycles. The molecule has 7 heteroatoms. The molecule has 1 amide bonds. The van der Waals surface area contributed by atoms with Crippen LogP contribution in [0.15, 0.2) is 41.3 Å². The van der Waals surface area contributed by atoms with E-state index in [1.54, 1.807) is 0 Å². The van der Waals surface area contributed by atoms with Gasteiger partial charge in [0.2, 0.25) is 0 Å². The largest absolute Gasteiger partial charge is 0.452 e. The van der Waals surface area contributed by atoms with E-state index in [0.29, 0.717) is 0 Å². The number of thioether (sulfide) groups is 1. The first kappa shape index (κ1) is 19.9. The summed E-state index contributed by atoms with van der Waals surface area (Å²) in [6.45, 7) is 5.30. The average Bonchev–Trinajstić information content (AvgIpc) is 2.57.